The van der Waals surface area contributed by atoms with Crippen molar-refractivity contribution in [1.29, 1.82) is 0 Å². The van der Waals surface area contributed by atoms with Gasteiger partial charge in [-0.05, 0) is 42.5 Å². The van der Waals surface area contributed by atoms with Gasteiger partial charge in [-0.1, -0.05) is 24.8 Å². The van der Waals surface area contributed by atoms with E-state index < -0.39 is 11.7 Å². The van der Waals surface area contributed by atoms with Gasteiger partial charge in [-0.25, -0.2) is 9.78 Å². The van der Waals surface area contributed by atoms with Crippen molar-refractivity contribution >= 4 is 29.7 Å². The molecule has 0 saturated carbocycles. The van der Waals surface area contributed by atoms with Gasteiger partial charge in [-0.15, -0.1) is 0 Å². The second kappa shape index (κ2) is 8.89. The zero-order valence-corrected chi connectivity index (χ0v) is 16.1. The summed E-state index contributed by atoms with van der Waals surface area (Å²) in [6.07, 6.45) is 1.79. The molecule has 1 aliphatic rings. The van der Waals surface area contributed by atoms with Gasteiger partial charge >= 0.3 is 12.2 Å². The molecule has 1 fully saturated rings. The van der Waals surface area contributed by atoms with Crippen molar-refractivity contribution in [3.05, 3.63) is 66.0 Å². The number of nitrogens with two attached hydrogens (primary N) is 1. The number of carbonyl (C=O) groups is 1. The molecular weight excluding hydrogens is 395 g/mol. The summed E-state index contributed by atoms with van der Waals surface area (Å²) in [4.78, 5) is 18.2. The Labute approximate surface area is 172 Å². The molecule has 2 amide bonds. The van der Waals surface area contributed by atoms with Crippen molar-refractivity contribution in [1.82, 2.24) is 10.3 Å². The minimum atomic E-state index is -4.42. The third-order valence-electron chi connectivity index (χ3n) is 4.79. The lowest BCUT2D eigenvalue weighted by Crippen LogP contribution is -2.40. The van der Waals surface area contributed by atoms with Gasteiger partial charge in [-0.3, -0.25) is 0 Å². The van der Waals surface area contributed by atoms with Crippen LogP contribution in [0.2, 0.25) is 0 Å². The molecule has 1 aromatic carbocycles. The summed E-state index contributed by atoms with van der Waals surface area (Å²) in [6, 6.07) is 7.23. The number of halogens is 3. The Morgan fingerprint density at radius 2 is 2.10 bits per heavy atom. The van der Waals surface area contributed by atoms with Crippen LogP contribution in [0.25, 0.3) is 12.2 Å². The van der Waals surface area contributed by atoms with Gasteiger partial charge < -0.3 is 21.3 Å². The number of hydrogen-bond donors (Lipinski definition) is 3. The van der Waals surface area contributed by atoms with Crippen LogP contribution in [0.4, 0.5) is 29.5 Å². The van der Waals surface area contributed by atoms with Crippen LogP contribution < -0.4 is 21.3 Å². The standard InChI is InChI=1S/C21H22F3N5O/c1-2-14-4-3-5-18(17(14)8-10-25)28-20(30)27-16-9-11-29(13-16)19-7-6-15(12-26-19)21(22,23)24/h2-8,10,12,16H,1,9,11,13,25H2,(H2,27,28,30)/b10-8-. The fourth-order valence-corrected chi connectivity index (χ4v) is 3.32. The molecular formula is C21H22F3N5O. The zero-order valence-electron chi connectivity index (χ0n) is 16.1. The van der Waals surface area contributed by atoms with E-state index in [-0.39, 0.29) is 12.1 Å². The van der Waals surface area contributed by atoms with Crippen LogP contribution in [0.5, 0.6) is 0 Å². The number of alkyl halides is 3. The molecule has 6 nitrogen and oxygen atoms in total. The first-order valence-electron chi connectivity index (χ1n) is 9.31. The molecule has 1 atom stereocenters. The SMILES string of the molecule is C=Cc1cccc(NC(=O)NC2CCN(c3ccc(C(F)(F)F)cn3)C2)c1/C=C\N. The van der Waals surface area contributed by atoms with Gasteiger partial charge in [0.25, 0.3) is 0 Å². The van der Waals surface area contributed by atoms with Crippen LogP contribution in [0.15, 0.2) is 49.3 Å². The number of amides is 2. The largest absolute Gasteiger partial charge is 0.417 e. The number of anilines is 2. The van der Waals surface area contributed by atoms with E-state index in [2.05, 4.69) is 22.2 Å². The highest BCUT2D eigenvalue weighted by Crippen LogP contribution is 2.30. The van der Waals surface area contributed by atoms with Gasteiger partial charge in [0.1, 0.15) is 5.82 Å². The number of hydrogen-bond acceptors (Lipinski definition) is 4. The number of urea groups is 1. The van der Waals surface area contributed by atoms with Gasteiger partial charge in [0.2, 0.25) is 0 Å². The van der Waals surface area contributed by atoms with Crippen molar-refractivity contribution in [3.63, 3.8) is 0 Å². The third kappa shape index (κ3) is 4.91. The molecule has 1 aliphatic heterocycles. The lowest BCUT2D eigenvalue weighted by molar-refractivity contribution is -0.137. The minimum absolute atomic E-state index is 0.162. The maximum Gasteiger partial charge on any atom is 0.417 e. The maximum atomic E-state index is 12.7. The monoisotopic (exact) mass is 417 g/mol. The highest BCUT2D eigenvalue weighted by Gasteiger charge is 2.31. The minimum Gasteiger partial charge on any atom is -0.405 e. The number of aromatic nitrogens is 1. The molecule has 1 unspecified atom stereocenters. The average Bonchev–Trinajstić information content (AvgIpc) is 3.17. The van der Waals surface area contributed by atoms with Crippen molar-refractivity contribution in [3.8, 4) is 0 Å². The lowest BCUT2D eigenvalue weighted by Gasteiger charge is -2.19. The van der Waals surface area contributed by atoms with Crippen LogP contribution in [0.1, 0.15) is 23.1 Å². The Bertz CT molecular complexity index is 941. The van der Waals surface area contributed by atoms with Gasteiger partial charge in [0.05, 0.1) is 11.3 Å². The van der Waals surface area contributed by atoms with Crippen molar-refractivity contribution in [2.45, 2.75) is 18.6 Å². The Morgan fingerprint density at radius 1 is 1.30 bits per heavy atom. The molecule has 0 bridgehead atoms. The predicted molar refractivity (Wildman–Crippen MR) is 112 cm³/mol. The fraction of sp³-hybridized carbons (Fsp3) is 0.238. The van der Waals surface area contributed by atoms with Crippen LogP contribution in [-0.4, -0.2) is 30.1 Å². The van der Waals surface area contributed by atoms with E-state index in [9.17, 15) is 18.0 Å². The first-order valence-corrected chi connectivity index (χ1v) is 9.31. The zero-order chi connectivity index (χ0) is 21.7. The molecule has 1 saturated heterocycles. The maximum absolute atomic E-state index is 12.7. The highest BCUT2D eigenvalue weighted by molar-refractivity contribution is 5.93. The van der Waals surface area contributed by atoms with E-state index in [0.717, 1.165) is 23.4 Å². The topological polar surface area (TPSA) is 83.3 Å². The van der Waals surface area contributed by atoms with E-state index in [0.29, 0.717) is 31.0 Å². The molecule has 1 aromatic heterocycles. The molecule has 30 heavy (non-hydrogen) atoms. The second-order valence-electron chi connectivity index (χ2n) is 6.80. The number of rotatable bonds is 5. The molecule has 158 valence electrons. The van der Waals surface area contributed by atoms with E-state index in [1.165, 1.54) is 12.3 Å². The molecule has 0 aliphatic carbocycles. The number of nitrogens with one attached hydrogen (secondary N) is 2. The van der Waals surface area contributed by atoms with Crippen LogP contribution in [-0.2, 0) is 6.18 Å². The summed E-state index contributed by atoms with van der Waals surface area (Å²) >= 11 is 0. The van der Waals surface area contributed by atoms with Gasteiger partial charge in [0, 0.05) is 30.9 Å². The Balaban J connectivity index is 1.61. The summed E-state index contributed by atoms with van der Waals surface area (Å²) in [5, 5.41) is 5.70. The fourth-order valence-electron chi connectivity index (χ4n) is 3.32. The molecule has 2 aromatic rings. The summed E-state index contributed by atoms with van der Waals surface area (Å²) in [5.41, 5.74) is 6.87. The molecule has 3 rings (SSSR count). The first-order chi connectivity index (χ1) is 14.3. The Morgan fingerprint density at radius 3 is 2.73 bits per heavy atom. The van der Waals surface area contributed by atoms with E-state index in [1.807, 2.05) is 11.0 Å². The summed E-state index contributed by atoms with van der Waals surface area (Å²) < 4.78 is 38.0. The molecule has 0 radical (unpaired) electrons. The van der Waals surface area contributed by atoms with Gasteiger partial charge in [0.15, 0.2) is 0 Å². The van der Waals surface area contributed by atoms with E-state index in [1.54, 1.807) is 24.3 Å². The summed E-state index contributed by atoms with van der Waals surface area (Å²) in [5.74, 6) is 0.446. The quantitative estimate of drug-likeness (QED) is 0.685. The second-order valence-corrected chi connectivity index (χ2v) is 6.80. The van der Waals surface area contributed by atoms with Crippen LogP contribution in [0.3, 0.4) is 0 Å². The first kappa shape index (κ1) is 21.2. The van der Waals surface area contributed by atoms with Crippen molar-refractivity contribution < 1.29 is 18.0 Å². The van der Waals surface area contributed by atoms with Crippen molar-refractivity contribution in [2.75, 3.05) is 23.3 Å². The predicted octanol–water partition coefficient (Wildman–Crippen LogP) is 4.07. The van der Waals surface area contributed by atoms with Crippen molar-refractivity contribution in [2.24, 2.45) is 5.73 Å². The number of nitrogens with zero attached hydrogens (tertiary/aromatic N) is 2. The highest BCUT2D eigenvalue weighted by atomic mass is 19.4. The molecule has 4 N–H and O–H groups in total. The normalized spacial score (nSPS) is 16.6. The number of benzene rings is 1. The number of pyridine rings is 1. The molecule has 2 heterocycles. The Kier molecular flexibility index (Phi) is 6.29. The summed E-state index contributed by atoms with van der Waals surface area (Å²) in [6.45, 7) is 4.79. The van der Waals surface area contributed by atoms with Gasteiger partial charge in [-0.2, -0.15) is 13.2 Å². The van der Waals surface area contributed by atoms with Crippen LogP contribution >= 0.6 is 0 Å². The van der Waals surface area contributed by atoms with Crippen LogP contribution in [0, 0.1) is 0 Å². The van der Waals surface area contributed by atoms with E-state index >= 15 is 0 Å². The Hall–Kier alpha value is -3.49. The number of carbonyl (C=O) groups excluding carboxylic acids is 1. The van der Waals surface area contributed by atoms with E-state index in [4.69, 9.17) is 5.73 Å². The summed E-state index contributed by atoms with van der Waals surface area (Å²) in [7, 11) is 0. The lowest BCUT2D eigenvalue weighted by atomic mass is 10.1. The molecule has 9 heteroatoms. The smallest absolute Gasteiger partial charge is 0.405 e. The third-order valence-corrected chi connectivity index (χ3v) is 4.79. The average molecular weight is 417 g/mol. The molecule has 0 spiro atoms.